The highest BCUT2D eigenvalue weighted by Crippen LogP contribution is 2.33. The number of hydrogen-bond donors (Lipinski definition) is 1. The summed E-state index contributed by atoms with van der Waals surface area (Å²) in [7, 11) is 7.29. The first-order chi connectivity index (χ1) is 14.1. The molecule has 0 radical (unpaired) electrons. The number of ether oxygens (including phenoxy) is 2. The van der Waals surface area contributed by atoms with Gasteiger partial charge in [0.25, 0.3) is 0 Å². The second-order valence-corrected chi connectivity index (χ2v) is 6.75. The first kappa shape index (κ1) is 18.6. The molecule has 0 aliphatic carbocycles. The molecule has 7 nitrogen and oxygen atoms in total. The number of rotatable bonds is 6. The average Bonchev–Trinajstić information content (AvgIpc) is 3.18. The fraction of sp³-hybridized carbons (Fsp3) is 0.182. The molecule has 0 fully saturated rings. The van der Waals surface area contributed by atoms with Crippen LogP contribution in [0.1, 0.15) is 0 Å². The zero-order valence-corrected chi connectivity index (χ0v) is 16.9. The second-order valence-electron chi connectivity index (χ2n) is 6.75. The molecule has 0 amide bonds. The Hall–Kier alpha value is -3.74. The molecule has 0 aliphatic heterocycles. The van der Waals surface area contributed by atoms with E-state index >= 15 is 0 Å². The Kier molecular flexibility index (Phi) is 4.95. The van der Waals surface area contributed by atoms with E-state index in [1.807, 2.05) is 61.2 Å². The van der Waals surface area contributed by atoms with Gasteiger partial charge >= 0.3 is 0 Å². The third-order valence-corrected chi connectivity index (χ3v) is 4.73. The van der Waals surface area contributed by atoms with E-state index < -0.39 is 0 Å². The molecule has 0 saturated carbocycles. The van der Waals surface area contributed by atoms with Gasteiger partial charge in [-0.25, -0.2) is 9.97 Å². The van der Waals surface area contributed by atoms with Gasteiger partial charge in [-0.1, -0.05) is 6.07 Å². The highest BCUT2D eigenvalue weighted by Gasteiger charge is 2.13. The van der Waals surface area contributed by atoms with Gasteiger partial charge in [0.15, 0.2) is 23.0 Å². The summed E-state index contributed by atoms with van der Waals surface area (Å²) >= 11 is 0. The Bertz CT molecular complexity index is 1150. The molecule has 7 heteroatoms. The predicted molar refractivity (Wildman–Crippen MR) is 116 cm³/mol. The van der Waals surface area contributed by atoms with Crippen molar-refractivity contribution in [3.8, 4) is 22.8 Å². The number of imidazole rings is 1. The summed E-state index contributed by atoms with van der Waals surface area (Å²) < 4.78 is 12.8. The van der Waals surface area contributed by atoms with Crippen LogP contribution in [0.4, 0.5) is 17.2 Å². The molecule has 1 N–H and O–H groups in total. The van der Waals surface area contributed by atoms with Gasteiger partial charge in [0, 0.05) is 43.4 Å². The van der Waals surface area contributed by atoms with Crippen LogP contribution in [0.5, 0.6) is 11.5 Å². The van der Waals surface area contributed by atoms with Crippen LogP contribution >= 0.6 is 0 Å². The van der Waals surface area contributed by atoms with E-state index in [2.05, 4.69) is 32.3 Å². The summed E-state index contributed by atoms with van der Waals surface area (Å²) in [5.41, 5.74) is 4.71. The lowest BCUT2D eigenvalue weighted by molar-refractivity contribution is 0.355. The largest absolute Gasteiger partial charge is 0.493 e. The number of benzene rings is 2. The smallest absolute Gasteiger partial charge is 0.180 e. The molecule has 0 spiro atoms. The molecule has 4 aromatic rings. The van der Waals surface area contributed by atoms with Crippen LogP contribution in [0.3, 0.4) is 0 Å². The first-order valence-electron chi connectivity index (χ1n) is 9.19. The summed E-state index contributed by atoms with van der Waals surface area (Å²) in [6.07, 6.45) is 5.49. The number of nitrogens with one attached hydrogen (secondary N) is 1. The highest BCUT2D eigenvalue weighted by molar-refractivity contribution is 5.76. The maximum Gasteiger partial charge on any atom is 0.180 e. The van der Waals surface area contributed by atoms with Crippen molar-refractivity contribution in [2.75, 3.05) is 38.5 Å². The molecule has 2 aromatic carbocycles. The standard InChI is InChI=1S/C22H23N5O2/c1-26(2)17-7-5-6-16(13-17)25-21-22-24-14-18(27(22)11-10-23-21)15-8-9-19(28-3)20(12-15)29-4/h5-14H,1-4H3,(H,23,25). The topological polar surface area (TPSA) is 63.9 Å². The van der Waals surface area contributed by atoms with E-state index in [0.717, 1.165) is 28.3 Å². The minimum atomic E-state index is 0.674. The lowest BCUT2D eigenvalue weighted by atomic mass is 10.1. The molecule has 148 valence electrons. The number of methoxy groups -OCH3 is 2. The molecule has 0 atom stereocenters. The van der Waals surface area contributed by atoms with E-state index in [1.54, 1.807) is 20.4 Å². The zero-order valence-electron chi connectivity index (χ0n) is 16.9. The number of aromatic nitrogens is 3. The number of nitrogens with zero attached hydrogens (tertiary/aromatic N) is 4. The van der Waals surface area contributed by atoms with Crippen molar-refractivity contribution in [2.45, 2.75) is 0 Å². The van der Waals surface area contributed by atoms with Gasteiger partial charge < -0.3 is 19.7 Å². The van der Waals surface area contributed by atoms with E-state index in [9.17, 15) is 0 Å². The van der Waals surface area contributed by atoms with Crippen molar-refractivity contribution < 1.29 is 9.47 Å². The molecular weight excluding hydrogens is 366 g/mol. The summed E-state index contributed by atoms with van der Waals surface area (Å²) in [5.74, 6) is 2.05. The fourth-order valence-electron chi connectivity index (χ4n) is 3.22. The van der Waals surface area contributed by atoms with E-state index in [0.29, 0.717) is 17.3 Å². The van der Waals surface area contributed by atoms with Crippen LogP contribution in [-0.2, 0) is 0 Å². The van der Waals surface area contributed by atoms with Crippen molar-refractivity contribution in [1.82, 2.24) is 14.4 Å². The van der Waals surface area contributed by atoms with Crippen LogP contribution in [-0.4, -0.2) is 42.7 Å². The van der Waals surface area contributed by atoms with Crippen molar-refractivity contribution >= 4 is 22.8 Å². The van der Waals surface area contributed by atoms with Gasteiger partial charge in [-0.05, 0) is 36.4 Å². The molecule has 0 unspecified atom stereocenters. The molecule has 0 saturated heterocycles. The minimum absolute atomic E-state index is 0.674. The van der Waals surface area contributed by atoms with Gasteiger partial charge in [0.1, 0.15) is 0 Å². The molecule has 29 heavy (non-hydrogen) atoms. The molecule has 4 rings (SSSR count). The van der Waals surface area contributed by atoms with Crippen LogP contribution in [0.2, 0.25) is 0 Å². The van der Waals surface area contributed by atoms with Gasteiger partial charge in [0.05, 0.1) is 26.1 Å². The quantitative estimate of drug-likeness (QED) is 0.533. The number of hydrogen-bond acceptors (Lipinski definition) is 6. The maximum absolute atomic E-state index is 5.44. The Morgan fingerprint density at radius 1 is 0.966 bits per heavy atom. The summed E-state index contributed by atoms with van der Waals surface area (Å²) in [6.45, 7) is 0. The molecular formula is C22H23N5O2. The van der Waals surface area contributed by atoms with E-state index in [4.69, 9.17) is 9.47 Å². The van der Waals surface area contributed by atoms with E-state index in [1.165, 1.54) is 0 Å². The van der Waals surface area contributed by atoms with Gasteiger partial charge in [0.2, 0.25) is 0 Å². The Morgan fingerprint density at radius 2 is 1.79 bits per heavy atom. The first-order valence-corrected chi connectivity index (χ1v) is 9.19. The monoisotopic (exact) mass is 389 g/mol. The molecule has 0 aliphatic rings. The van der Waals surface area contributed by atoms with Crippen molar-refractivity contribution in [1.29, 1.82) is 0 Å². The Balaban J connectivity index is 1.73. The van der Waals surface area contributed by atoms with Crippen molar-refractivity contribution in [2.24, 2.45) is 0 Å². The third-order valence-electron chi connectivity index (χ3n) is 4.73. The second kappa shape index (κ2) is 7.71. The zero-order chi connectivity index (χ0) is 20.4. The lowest BCUT2D eigenvalue weighted by Crippen LogP contribution is -2.08. The third kappa shape index (κ3) is 3.54. The number of fused-ring (bicyclic) bond motifs is 1. The summed E-state index contributed by atoms with van der Waals surface area (Å²) in [6, 6.07) is 14.0. The molecule has 2 aromatic heterocycles. The maximum atomic E-state index is 5.44. The van der Waals surface area contributed by atoms with Crippen LogP contribution in [0.25, 0.3) is 16.9 Å². The lowest BCUT2D eigenvalue weighted by Gasteiger charge is -2.14. The highest BCUT2D eigenvalue weighted by atomic mass is 16.5. The van der Waals surface area contributed by atoms with Crippen molar-refractivity contribution in [3.63, 3.8) is 0 Å². The van der Waals surface area contributed by atoms with Crippen LogP contribution in [0, 0.1) is 0 Å². The number of anilines is 3. The summed E-state index contributed by atoms with van der Waals surface area (Å²) in [5, 5.41) is 3.38. The SMILES string of the molecule is COc1ccc(-c2cnc3c(Nc4cccc(N(C)C)c4)nccn23)cc1OC. The predicted octanol–water partition coefficient (Wildman–Crippen LogP) is 4.22. The fourth-order valence-corrected chi connectivity index (χ4v) is 3.22. The van der Waals surface area contributed by atoms with Gasteiger partial charge in [-0.15, -0.1) is 0 Å². The molecule has 2 heterocycles. The minimum Gasteiger partial charge on any atom is -0.493 e. The van der Waals surface area contributed by atoms with Gasteiger partial charge in [-0.2, -0.15) is 0 Å². The Morgan fingerprint density at radius 3 is 2.55 bits per heavy atom. The van der Waals surface area contributed by atoms with Crippen LogP contribution < -0.4 is 19.7 Å². The van der Waals surface area contributed by atoms with Crippen LogP contribution in [0.15, 0.2) is 61.1 Å². The Labute approximate surface area is 169 Å². The molecule has 0 bridgehead atoms. The van der Waals surface area contributed by atoms with Gasteiger partial charge in [-0.3, -0.25) is 4.40 Å². The summed E-state index contributed by atoms with van der Waals surface area (Å²) in [4.78, 5) is 11.2. The average molecular weight is 389 g/mol. The van der Waals surface area contributed by atoms with E-state index in [-0.39, 0.29) is 0 Å². The normalized spacial score (nSPS) is 10.8. The van der Waals surface area contributed by atoms with Crippen molar-refractivity contribution in [3.05, 3.63) is 61.1 Å².